The molecule has 2 aromatic heterocycles. The van der Waals surface area contributed by atoms with Gasteiger partial charge in [-0.25, -0.2) is 4.98 Å². The molecule has 0 radical (unpaired) electrons. The molecular weight excluding hydrogens is 338 g/mol. The quantitative estimate of drug-likeness (QED) is 0.837. The van der Waals surface area contributed by atoms with Crippen LogP contribution in [-0.4, -0.2) is 45.4 Å². The predicted molar refractivity (Wildman–Crippen MR) is 104 cm³/mol. The van der Waals surface area contributed by atoms with Crippen LogP contribution in [0.2, 0.25) is 0 Å². The van der Waals surface area contributed by atoms with Gasteiger partial charge in [0.2, 0.25) is 5.91 Å². The molecule has 1 amide bonds. The van der Waals surface area contributed by atoms with Crippen LogP contribution in [0.4, 0.5) is 5.82 Å². The molecule has 2 saturated heterocycles. The molecule has 4 rings (SSSR count). The number of amides is 1. The summed E-state index contributed by atoms with van der Waals surface area (Å²) in [7, 11) is 0. The van der Waals surface area contributed by atoms with Crippen LogP contribution >= 0.6 is 0 Å². The number of carbonyl (C=O) groups is 1. The normalized spacial score (nSPS) is 23.1. The standard InChI is InChI=1S/C21H27N5O/c1-16-12-23-17(2)20(24-16)25-11-5-8-21(14-25)9-7-19(27)26(15-21)13-18-6-3-4-10-22-18/h3-4,6,10,12H,5,7-9,11,13-15H2,1-2H3/t21-/m1/s1. The lowest BCUT2D eigenvalue weighted by atomic mass is 9.73. The lowest BCUT2D eigenvalue weighted by molar-refractivity contribution is -0.138. The minimum Gasteiger partial charge on any atom is -0.354 e. The molecule has 0 saturated carbocycles. The van der Waals surface area contributed by atoms with Gasteiger partial charge < -0.3 is 9.80 Å². The van der Waals surface area contributed by atoms with Crippen molar-refractivity contribution in [3.63, 3.8) is 0 Å². The Hall–Kier alpha value is -2.50. The van der Waals surface area contributed by atoms with Gasteiger partial charge in [0.15, 0.2) is 0 Å². The van der Waals surface area contributed by atoms with Gasteiger partial charge in [0.1, 0.15) is 5.82 Å². The fraction of sp³-hybridized carbons (Fsp3) is 0.524. The van der Waals surface area contributed by atoms with Crippen molar-refractivity contribution < 1.29 is 4.79 Å². The van der Waals surface area contributed by atoms with E-state index in [2.05, 4.69) is 14.9 Å². The smallest absolute Gasteiger partial charge is 0.222 e. The van der Waals surface area contributed by atoms with E-state index in [4.69, 9.17) is 4.98 Å². The summed E-state index contributed by atoms with van der Waals surface area (Å²) < 4.78 is 0. The number of nitrogens with zero attached hydrogens (tertiary/aromatic N) is 5. The summed E-state index contributed by atoms with van der Waals surface area (Å²) >= 11 is 0. The number of piperidine rings is 2. The van der Waals surface area contributed by atoms with Crippen LogP contribution in [-0.2, 0) is 11.3 Å². The van der Waals surface area contributed by atoms with Crippen molar-refractivity contribution in [1.82, 2.24) is 19.9 Å². The first kappa shape index (κ1) is 17.9. The van der Waals surface area contributed by atoms with E-state index in [1.54, 1.807) is 6.20 Å². The second-order valence-corrected chi connectivity index (χ2v) is 8.02. The second kappa shape index (κ2) is 7.25. The third kappa shape index (κ3) is 3.80. The third-order valence-electron chi connectivity index (χ3n) is 5.84. The Bertz CT molecular complexity index is 825. The lowest BCUT2D eigenvalue weighted by Crippen LogP contribution is -2.54. The molecule has 6 heteroatoms. The van der Waals surface area contributed by atoms with Crippen LogP contribution < -0.4 is 4.90 Å². The van der Waals surface area contributed by atoms with Crippen LogP contribution in [0.1, 0.15) is 42.8 Å². The van der Waals surface area contributed by atoms with E-state index >= 15 is 0 Å². The minimum atomic E-state index is 0.138. The van der Waals surface area contributed by atoms with Gasteiger partial charge in [-0.2, -0.15) is 0 Å². The molecule has 2 aromatic rings. The molecule has 2 aliphatic heterocycles. The van der Waals surface area contributed by atoms with Crippen LogP contribution in [0.15, 0.2) is 30.6 Å². The number of carbonyl (C=O) groups excluding carboxylic acids is 1. The van der Waals surface area contributed by atoms with Crippen LogP contribution in [0.5, 0.6) is 0 Å². The molecule has 6 nitrogen and oxygen atoms in total. The fourth-order valence-electron chi connectivity index (χ4n) is 4.48. The first-order valence-corrected chi connectivity index (χ1v) is 9.78. The van der Waals surface area contributed by atoms with E-state index < -0.39 is 0 Å². The summed E-state index contributed by atoms with van der Waals surface area (Å²) in [5, 5.41) is 0. The monoisotopic (exact) mass is 365 g/mol. The Morgan fingerprint density at radius 3 is 2.85 bits per heavy atom. The molecular formula is C21H27N5O. The van der Waals surface area contributed by atoms with E-state index in [1.165, 1.54) is 0 Å². The molecule has 0 N–H and O–H groups in total. The number of pyridine rings is 1. The lowest BCUT2D eigenvalue weighted by Gasteiger charge is -2.48. The number of anilines is 1. The summed E-state index contributed by atoms with van der Waals surface area (Å²) in [5.41, 5.74) is 3.02. The van der Waals surface area contributed by atoms with Crippen LogP contribution in [0.3, 0.4) is 0 Å². The highest BCUT2D eigenvalue weighted by Gasteiger charge is 2.42. The first-order valence-electron chi connectivity index (χ1n) is 9.78. The zero-order chi connectivity index (χ0) is 18.9. The summed E-state index contributed by atoms with van der Waals surface area (Å²) in [6, 6.07) is 5.88. The molecule has 1 spiro atoms. The van der Waals surface area contributed by atoms with E-state index in [-0.39, 0.29) is 11.3 Å². The maximum Gasteiger partial charge on any atom is 0.222 e. The van der Waals surface area contributed by atoms with E-state index in [9.17, 15) is 4.79 Å². The van der Waals surface area contributed by atoms with E-state index in [1.807, 2.05) is 43.1 Å². The van der Waals surface area contributed by atoms with Crippen LogP contribution in [0, 0.1) is 19.3 Å². The Balaban J connectivity index is 1.53. The van der Waals surface area contributed by atoms with Crippen molar-refractivity contribution in [2.24, 2.45) is 5.41 Å². The van der Waals surface area contributed by atoms with Gasteiger partial charge >= 0.3 is 0 Å². The molecule has 142 valence electrons. The number of hydrogen-bond donors (Lipinski definition) is 0. The van der Waals surface area contributed by atoms with Crippen molar-refractivity contribution >= 4 is 11.7 Å². The van der Waals surface area contributed by atoms with Crippen molar-refractivity contribution in [3.05, 3.63) is 47.7 Å². The van der Waals surface area contributed by atoms with Gasteiger partial charge in [0.05, 0.1) is 23.6 Å². The van der Waals surface area contributed by atoms with E-state index in [0.29, 0.717) is 13.0 Å². The maximum atomic E-state index is 12.5. The van der Waals surface area contributed by atoms with E-state index in [0.717, 1.165) is 61.8 Å². The van der Waals surface area contributed by atoms with Crippen molar-refractivity contribution in [2.75, 3.05) is 24.5 Å². The Morgan fingerprint density at radius 2 is 2.04 bits per heavy atom. The number of aryl methyl sites for hydroxylation is 2. The number of rotatable bonds is 3. The van der Waals surface area contributed by atoms with Crippen molar-refractivity contribution in [2.45, 2.75) is 46.1 Å². The average molecular weight is 365 g/mol. The summed E-state index contributed by atoms with van der Waals surface area (Å²) in [4.78, 5) is 30.6. The number of likely N-dealkylation sites (tertiary alicyclic amines) is 1. The molecule has 1 atom stereocenters. The Morgan fingerprint density at radius 1 is 1.15 bits per heavy atom. The molecule has 4 heterocycles. The molecule has 2 aliphatic rings. The van der Waals surface area contributed by atoms with Crippen molar-refractivity contribution in [1.29, 1.82) is 0 Å². The molecule has 0 bridgehead atoms. The molecule has 2 fully saturated rings. The topological polar surface area (TPSA) is 62.2 Å². The maximum absolute atomic E-state index is 12.5. The van der Waals surface area contributed by atoms with Crippen molar-refractivity contribution in [3.8, 4) is 0 Å². The molecule has 0 unspecified atom stereocenters. The summed E-state index contributed by atoms with van der Waals surface area (Å²) in [6.07, 6.45) is 7.49. The molecule has 0 aromatic carbocycles. The largest absolute Gasteiger partial charge is 0.354 e. The third-order valence-corrected chi connectivity index (χ3v) is 5.84. The summed E-state index contributed by atoms with van der Waals surface area (Å²) in [6.45, 7) is 7.37. The van der Waals surface area contributed by atoms with Crippen LogP contribution in [0.25, 0.3) is 0 Å². The zero-order valence-corrected chi connectivity index (χ0v) is 16.2. The highest BCUT2D eigenvalue weighted by Crippen LogP contribution is 2.40. The van der Waals surface area contributed by atoms with Gasteiger partial charge in [-0.05, 0) is 45.2 Å². The second-order valence-electron chi connectivity index (χ2n) is 8.02. The number of aromatic nitrogens is 3. The fourth-order valence-corrected chi connectivity index (χ4v) is 4.48. The van der Waals surface area contributed by atoms with Gasteiger partial charge in [0, 0.05) is 43.9 Å². The van der Waals surface area contributed by atoms with Gasteiger partial charge in [-0.15, -0.1) is 0 Å². The Labute approximate surface area is 160 Å². The minimum absolute atomic E-state index is 0.138. The first-order chi connectivity index (χ1) is 13.0. The molecule has 27 heavy (non-hydrogen) atoms. The zero-order valence-electron chi connectivity index (χ0n) is 16.2. The Kier molecular flexibility index (Phi) is 4.81. The van der Waals surface area contributed by atoms with Gasteiger partial charge in [-0.3, -0.25) is 14.8 Å². The number of hydrogen-bond acceptors (Lipinski definition) is 5. The highest BCUT2D eigenvalue weighted by atomic mass is 16.2. The average Bonchev–Trinajstić information content (AvgIpc) is 2.68. The summed E-state index contributed by atoms with van der Waals surface area (Å²) in [5.74, 6) is 1.25. The predicted octanol–water partition coefficient (Wildman–Crippen LogP) is 2.90. The highest BCUT2D eigenvalue weighted by molar-refractivity contribution is 5.77. The van der Waals surface area contributed by atoms with Gasteiger partial charge in [0.25, 0.3) is 0 Å². The molecule has 0 aliphatic carbocycles. The SMILES string of the molecule is Cc1cnc(C)c(N2CCC[C@@]3(CCC(=O)N(Cc4ccccn4)C3)C2)n1. The van der Waals surface area contributed by atoms with Gasteiger partial charge in [-0.1, -0.05) is 6.07 Å².